The summed E-state index contributed by atoms with van der Waals surface area (Å²) in [6.45, 7) is 1.20. The maximum atomic E-state index is 13.3. The van der Waals surface area contributed by atoms with Crippen molar-refractivity contribution in [3.8, 4) is 5.75 Å². The molecule has 2 rings (SSSR count). The van der Waals surface area contributed by atoms with Gasteiger partial charge in [0.05, 0.1) is 16.3 Å². The molecule has 0 bridgehead atoms. The number of ether oxygens (including phenoxy) is 2. The third-order valence-corrected chi connectivity index (χ3v) is 3.36. The Balaban J connectivity index is 1.96. The highest BCUT2D eigenvalue weighted by Gasteiger charge is 2.15. The van der Waals surface area contributed by atoms with Crippen molar-refractivity contribution < 1.29 is 13.9 Å². The Hall–Kier alpha value is -0.810. The summed E-state index contributed by atoms with van der Waals surface area (Å²) in [7, 11) is 0. The first-order valence-corrected chi connectivity index (χ1v) is 6.45. The lowest BCUT2D eigenvalue weighted by molar-refractivity contribution is -0.0109. The van der Waals surface area contributed by atoms with Crippen LogP contribution >= 0.6 is 15.9 Å². The van der Waals surface area contributed by atoms with Gasteiger partial charge >= 0.3 is 0 Å². The van der Waals surface area contributed by atoms with Crippen LogP contribution in [-0.2, 0) is 4.74 Å². The van der Waals surface area contributed by atoms with E-state index in [-0.39, 0.29) is 11.9 Å². The average molecular weight is 304 g/mol. The predicted molar refractivity (Wildman–Crippen MR) is 67.6 cm³/mol. The molecule has 1 aromatic rings. The third kappa shape index (κ3) is 3.33. The maximum absolute atomic E-state index is 13.3. The second-order valence-electron chi connectivity index (χ2n) is 4.10. The van der Waals surface area contributed by atoms with Crippen molar-refractivity contribution in [3.63, 3.8) is 0 Å². The fourth-order valence-electron chi connectivity index (χ4n) is 1.79. The number of hydrogen-bond donors (Lipinski definition) is 1. The molecule has 0 saturated carbocycles. The highest BCUT2D eigenvalue weighted by Crippen LogP contribution is 2.28. The van der Waals surface area contributed by atoms with Gasteiger partial charge in [-0.15, -0.1) is 0 Å². The van der Waals surface area contributed by atoms with Crippen LogP contribution in [0.3, 0.4) is 0 Å². The second kappa shape index (κ2) is 5.69. The van der Waals surface area contributed by atoms with Gasteiger partial charge < -0.3 is 15.2 Å². The minimum absolute atomic E-state index is 0.0925. The fraction of sp³-hybridized carbons (Fsp3) is 0.500. The fourth-order valence-corrected chi connectivity index (χ4v) is 2.15. The van der Waals surface area contributed by atoms with Gasteiger partial charge in [-0.25, -0.2) is 4.39 Å². The van der Waals surface area contributed by atoms with Gasteiger partial charge in [-0.05, 0) is 41.3 Å². The lowest BCUT2D eigenvalue weighted by Crippen LogP contribution is -2.26. The van der Waals surface area contributed by atoms with Crippen molar-refractivity contribution in [1.29, 1.82) is 0 Å². The molecule has 17 heavy (non-hydrogen) atoms. The van der Waals surface area contributed by atoms with Gasteiger partial charge in [-0.1, -0.05) is 0 Å². The van der Waals surface area contributed by atoms with E-state index in [1.807, 2.05) is 0 Å². The first-order chi connectivity index (χ1) is 8.16. The van der Waals surface area contributed by atoms with Crippen molar-refractivity contribution in [3.05, 3.63) is 22.4 Å². The van der Waals surface area contributed by atoms with Crippen molar-refractivity contribution in [1.82, 2.24) is 0 Å². The standard InChI is InChI=1S/C12H15BrFNO2/c13-9-5-11(15)12(6-10(9)14)17-7-8-3-1-2-4-16-8/h5-6,8H,1-4,7,15H2. The number of hydrogen-bond acceptors (Lipinski definition) is 3. The molecule has 1 saturated heterocycles. The summed E-state index contributed by atoms with van der Waals surface area (Å²) in [5.41, 5.74) is 6.17. The molecule has 0 aromatic heterocycles. The zero-order valence-corrected chi connectivity index (χ0v) is 11.0. The van der Waals surface area contributed by atoms with Crippen LogP contribution < -0.4 is 10.5 Å². The quantitative estimate of drug-likeness (QED) is 0.873. The number of nitrogen functional groups attached to an aromatic ring is 1. The molecule has 0 amide bonds. The van der Waals surface area contributed by atoms with Crippen LogP contribution in [0.2, 0.25) is 0 Å². The summed E-state index contributed by atoms with van der Waals surface area (Å²) < 4.78 is 24.7. The third-order valence-electron chi connectivity index (χ3n) is 2.75. The van der Waals surface area contributed by atoms with E-state index in [1.54, 1.807) is 0 Å². The Morgan fingerprint density at radius 3 is 3.00 bits per heavy atom. The topological polar surface area (TPSA) is 44.5 Å². The molecule has 1 fully saturated rings. The lowest BCUT2D eigenvalue weighted by atomic mass is 10.1. The van der Waals surface area contributed by atoms with Crippen molar-refractivity contribution >= 4 is 21.6 Å². The van der Waals surface area contributed by atoms with E-state index in [2.05, 4.69) is 15.9 Å². The molecular weight excluding hydrogens is 289 g/mol. The van der Waals surface area contributed by atoms with Gasteiger partial charge in [0.15, 0.2) is 0 Å². The van der Waals surface area contributed by atoms with E-state index in [0.717, 1.165) is 25.9 Å². The van der Waals surface area contributed by atoms with E-state index in [9.17, 15) is 4.39 Å². The van der Waals surface area contributed by atoms with Crippen LogP contribution in [0, 0.1) is 5.82 Å². The first kappa shape index (κ1) is 12.6. The van der Waals surface area contributed by atoms with Gasteiger partial charge in [0.2, 0.25) is 0 Å². The molecule has 0 aliphatic carbocycles. The Bertz CT molecular complexity index is 394. The van der Waals surface area contributed by atoms with Gasteiger partial charge in [-0.2, -0.15) is 0 Å². The Morgan fingerprint density at radius 1 is 1.47 bits per heavy atom. The van der Waals surface area contributed by atoms with Gasteiger partial charge in [0.25, 0.3) is 0 Å². The summed E-state index contributed by atoms with van der Waals surface area (Å²) in [4.78, 5) is 0. The Kier molecular flexibility index (Phi) is 4.23. The van der Waals surface area contributed by atoms with Crippen LogP contribution in [0.5, 0.6) is 5.75 Å². The predicted octanol–water partition coefficient (Wildman–Crippen LogP) is 3.12. The van der Waals surface area contributed by atoms with Crippen LogP contribution in [0.15, 0.2) is 16.6 Å². The van der Waals surface area contributed by atoms with Crippen molar-refractivity contribution in [2.24, 2.45) is 0 Å². The summed E-state index contributed by atoms with van der Waals surface area (Å²) in [5, 5.41) is 0. The van der Waals surface area contributed by atoms with E-state index in [0.29, 0.717) is 22.5 Å². The molecule has 1 aliphatic heterocycles. The largest absolute Gasteiger partial charge is 0.489 e. The van der Waals surface area contributed by atoms with Crippen LogP contribution in [0.4, 0.5) is 10.1 Å². The highest BCUT2D eigenvalue weighted by atomic mass is 79.9. The van der Waals surface area contributed by atoms with Crippen molar-refractivity contribution in [2.45, 2.75) is 25.4 Å². The number of nitrogens with two attached hydrogens (primary N) is 1. The zero-order valence-electron chi connectivity index (χ0n) is 9.42. The summed E-state index contributed by atoms with van der Waals surface area (Å²) in [6.07, 6.45) is 3.33. The van der Waals surface area contributed by atoms with E-state index in [1.165, 1.54) is 12.1 Å². The molecule has 1 aromatic carbocycles. The monoisotopic (exact) mass is 303 g/mol. The van der Waals surface area contributed by atoms with Gasteiger partial charge in [-0.3, -0.25) is 0 Å². The van der Waals surface area contributed by atoms with E-state index >= 15 is 0 Å². The normalized spacial score (nSPS) is 20.2. The molecule has 1 unspecified atom stereocenters. The minimum Gasteiger partial charge on any atom is -0.489 e. The summed E-state index contributed by atoms with van der Waals surface area (Å²) in [6, 6.07) is 2.80. The van der Waals surface area contributed by atoms with Gasteiger partial charge in [0.1, 0.15) is 18.2 Å². The molecular formula is C12H15BrFNO2. The van der Waals surface area contributed by atoms with Crippen LogP contribution in [0.25, 0.3) is 0 Å². The Morgan fingerprint density at radius 2 is 2.29 bits per heavy atom. The molecule has 5 heteroatoms. The second-order valence-corrected chi connectivity index (χ2v) is 4.96. The molecule has 3 nitrogen and oxygen atoms in total. The van der Waals surface area contributed by atoms with E-state index < -0.39 is 0 Å². The molecule has 94 valence electrons. The number of halogens is 2. The van der Waals surface area contributed by atoms with Crippen LogP contribution in [-0.4, -0.2) is 19.3 Å². The van der Waals surface area contributed by atoms with E-state index in [4.69, 9.17) is 15.2 Å². The van der Waals surface area contributed by atoms with Gasteiger partial charge in [0, 0.05) is 12.7 Å². The molecule has 1 heterocycles. The Labute approximate surface area is 108 Å². The molecule has 1 atom stereocenters. The highest BCUT2D eigenvalue weighted by molar-refractivity contribution is 9.10. The number of benzene rings is 1. The SMILES string of the molecule is Nc1cc(Br)c(F)cc1OCC1CCCCO1. The van der Waals surface area contributed by atoms with Crippen LogP contribution in [0.1, 0.15) is 19.3 Å². The molecule has 1 aliphatic rings. The smallest absolute Gasteiger partial charge is 0.145 e. The minimum atomic E-state index is -0.376. The molecule has 0 radical (unpaired) electrons. The maximum Gasteiger partial charge on any atom is 0.145 e. The summed E-state index contributed by atoms with van der Waals surface area (Å²) >= 11 is 3.07. The molecule has 2 N–H and O–H groups in total. The number of anilines is 1. The summed E-state index contributed by atoms with van der Waals surface area (Å²) in [5.74, 6) is -0.00126. The number of rotatable bonds is 3. The molecule has 0 spiro atoms. The van der Waals surface area contributed by atoms with Crippen molar-refractivity contribution in [2.75, 3.05) is 18.9 Å². The average Bonchev–Trinajstić information content (AvgIpc) is 2.33. The lowest BCUT2D eigenvalue weighted by Gasteiger charge is -2.23. The first-order valence-electron chi connectivity index (χ1n) is 5.66. The zero-order chi connectivity index (χ0) is 12.3.